The highest BCUT2D eigenvalue weighted by Gasteiger charge is 2.14. The standard InChI is InChI=1S/C15H18BrN3O/c1-10-7-11(2)19(18-10)12(3)8-15(20)17-14-6-4-5-13(16)9-14/h4-7,9,12H,8H2,1-3H3,(H,17,20)/t12-/m1/s1. The zero-order valence-electron chi connectivity index (χ0n) is 11.9. The van der Waals surface area contributed by atoms with E-state index in [2.05, 4.69) is 26.3 Å². The third-order valence-electron chi connectivity index (χ3n) is 3.05. The van der Waals surface area contributed by atoms with Crippen molar-refractivity contribution in [1.82, 2.24) is 9.78 Å². The Morgan fingerprint density at radius 1 is 1.40 bits per heavy atom. The van der Waals surface area contributed by atoms with Crippen molar-refractivity contribution in [3.63, 3.8) is 0 Å². The summed E-state index contributed by atoms with van der Waals surface area (Å²) < 4.78 is 2.84. The van der Waals surface area contributed by atoms with Gasteiger partial charge in [0, 0.05) is 22.3 Å². The van der Waals surface area contributed by atoms with Gasteiger partial charge in [-0.3, -0.25) is 9.48 Å². The molecule has 0 spiro atoms. The molecule has 1 amide bonds. The van der Waals surface area contributed by atoms with Crippen LogP contribution in [0.3, 0.4) is 0 Å². The van der Waals surface area contributed by atoms with Gasteiger partial charge in [-0.1, -0.05) is 22.0 Å². The molecule has 5 heteroatoms. The maximum atomic E-state index is 12.1. The zero-order chi connectivity index (χ0) is 14.7. The van der Waals surface area contributed by atoms with Crippen LogP contribution in [-0.2, 0) is 4.79 Å². The molecule has 4 nitrogen and oxygen atoms in total. The van der Waals surface area contributed by atoms with Crippen molar-refractivity contribution in [1.29, 1.82) is 0 Å². The topological polar surface area (TPSA) is 46.9 Å². The highest BCUT2D eigenvalue weighted by atomic mass is 79.9. The fourth-order valence-electron chi connectivity index (χ4n) is 2.23. The first kappa shape index (κ1) is 14.8. The van der Waals surface area contributed by atoms with Crippen LogP contribution in [0.25, 0.3) is 0 Å². The number of aromatic nitrogens is 2. The van der Waals surface area contributed by atoms with Gasteiger partial charge < -0.3 is 5.32 Å². The van der Waals surface area contributed by atoms with Crippen LogP contribution >= 0.6 is 15.9 Å². The van der Waals surface area contributed by atoms with Crippen LogP contribution in [0.15, 0.2) is 34.8 Å². The first-order valence-corrected chi connectivity index (χ1v) is 7.33. The number of hydrogen-bond acceptors (Lipinski definition) is 2. The van der Waals surface area contributed by atoms with E-state index in [1.54, 1.807) is 0 Å². The molecule has 0 radical (unpaired) electrons. The second-order valence-corrected chi connectivity index (χ2v) is 5.90. The molecule has 2 rings (SSSR count). The van der Waals surface area contributed by atoms with Crippen molar-refractivity contribution in [2.45, 2.75) is 33.2 Å². The lowest BCUT2D eigenvalue weighted by Gasteiger charge is -2.14. The van der Waals surface area contributed by atoms with E-state index >= 15 is 0 Å². The quantitative estimate of drug-likeness (QED) is 0.922. The van der Waals surface area contributed by atoms with Gasteiger partial charge >= 0.3 is 0 Å². The van der Waals surface area contributed by atoms with Gasteiger partial charge in [0.2, 0.25) is 5.91 Å². The van der Waals surface area contributed by atoms with E-state index < -0.39 is 0 Å². The highest BCUT2D eigenvalue weighted by molar-refractivity contribution is 9.10. The van der Waals surface area contributed by atoms with E-state index in [-0.39, 0.29) is 11.9 Å². The predicted octanol–water partition coefficient (Wildman–Crippen LogP) is 3.85. The van der Waals surface area contributed by atoms with Gasteiger partial charge in [-0.2, -0.15) is 5.10 Å². The molecule has 0 aliphatic rings. The minimum Gasteiger partial charge on any atom is -0.326 e. The van der Waals surface area contributed by atoms with Gasteiger partial charge in [0.25, 0.3) is 0 Å². The van der Waals surface area contributed by atoms with Crippen molar-refractivity contribution in [3.8, 4) is 0 Å². The van der Waals surface area contributed by atoms with Gasteiger partial charge in [0.1, 0.15) is 0 Å². The minimum absolute atomic E-state index is 0.0110. The van der Waals surface area contributed by atoms with E-state index in [9.17, 15) is 4.79 Å². The first-order chi connectivity index (χ1) is 9.45. The number of carbonyl (C=O) groups is 1. The summed E-state index contributed by atoms with van der Waals surface area (Å²) in [5, 5.41) is 7.31. The summed E-state index contributed by atoms with van der Waals surface area (Å²) in [6, 6.07) is 9.62. The third kappa shape index (κ3) is 3.70. The lowest BCUT2D eigenvalue weighted by Crippen LogP contribution is -2.19. The van der Waals surface area contributed by atoms with E-state index in [0.29, 0.717) is 6.42 Å². The molecular weight excluding hydrogens is 318 g/mol. The number of aryl methyl sites for hydroxylation is 2. The fourth-order valence-corrected chi connectivity index (χ4v) is 2.62. The van der Waals surface area contributed by atoms with Gasteiger partial charge in [0.15, 0.2) is 0 Å². The molecule has 1 aromatic carbocycles. The number of benzene rings is 1. The predicted molar refractivity (Wildman–Crippen MR) is 83.8 cm³/mol. The molecule has 1 N–H and O–H groups in total. The van der Waals surface area contributed by atoms with Crippen LogP contribution in [0.1, 0.15) is 30.8 Å². The molecule has 0 bridgehead atoms. The Bertz CT molecular complexity index is 621. The highest BCUT2D eigenvalue weighted by Crippen LogP contribution is 2.18. The smallest absolute Gasteiger partial charge is 0.226 e. The first-order valence-electron chi connectivity index (χ1n) is 6.54. The summed E-state index contributed by atoms with van der Waals surface area (Å²) in [6.07, 6.45) is 0.397. The zero-order valence-corrected chi connectivity index (χ0v) is 13.4. The van der Waals surface area contributed by atoms with Gasteiger partial charge in [0.05, 0.1) is 11.7 Å². The third-order valence-corrected chi connectivity index (χ3v) is 3.54. The number of anilines is 1. The Balaban J connectivity index is 1.99. The number of hydrogen-bond donors (Lipinski definition) is 1. The summed E-state index contributed by atoms with van der Waals surface area (Å²) in [5.41, 5.74) is 2.84. The van der Waals surface area contributed by atoms with Crippen molar-refractivity contribution in [3.05, 3.63) is 46.2 Å². The largest absolute Gasteiger partial charge is 0.326 e. The Labute approximate surface area is 127 Å². The van der Waals surface area contributed by atoms with Gasteiger partial charge in [-0.15, -0.1) is 0 Å². The summed E-state index contributed by atoms with van der Waals surface area (Å²) in [6.45, 7) is 5.96. The molecule has 1 heterocycles. The molecule has 1 aromatic heterocycles. The van der Waals surface area contributed by atoms with Gasteiger partial charge in [-0.05, 0) is 45.0 Å². The molecule has 0 fully saturated rings. The van der Waals surface area contributed by atoms with Crippen LogP contribution in [-0.4, -0.2) is 15.7 Å². The molecule has 2 aromatic rings. The molecule has 20 heavy (non-hydrogen) atoms. The second kappa shape index (κ2) is 6.22. The molecular formula is C15H18BrN3O. The SMILES string of the molecule is Cc1cc(C)n([C@H](C)CC(=O)Nc2cccc(Br)c2)n1. The molecule has 1 atom stereocenters. The lowest BCUT2D eigenvalue weighted by molar-refractivity contribution is -0.116. The second-order valence-electron chi connectivity index (χ2n) is 4.98. The van der Waals surface area contributed by atoms with E-state index in [0.717, 1.165) is 21.5 Å². The maximum Gasteiger partial charge on any atom is 0.226 e. The van der Waals surface area contributed by atoms with Crippen LogP contribution in [0.4, 0.5) is 5.69 Å². The van der Waals surface area contributed by atoms with E-state index in [1.807, 2.05) is 55.8 Å². The molecule has 0 aliphatic heterocycles. The number of rotatable bonds is 4. The number of halogens is 1. The Morgan fingerprint density at radius 3 is 2.75 bits per heavy atom. The Kier molecular flexibility index (Phi) is 4.60. The van der Waals surface area contributed by atoms with Crippen LogP contribution < -0.4 is 5.32 Å². The number of amides is 1. The Hall–Kier alpha value is -1.62. The van der Waals surface area contributed by atoms with Gasteiger partial charge in [-0.25, -0.2) is 0 Å². The van der Waals surface area contributed by atoms with Crippen molar-refractivity contribution in [2.24, 2.45) is 0 Å². The van der Waals surface area contributed by atoms with Crippen molar-refractivity contribution >= 4 is 27.5 Å². The van der Waals surface area contributed by atoms with E-state index in [4.69, 9.17) is 0 Å². The maximum absolute atomic E-state index is 12.1. The number of nitrogens with zero attached hydrogens (tertiary/aromatic N) is 2. The van der Waals surface area contributed by atoms with Crippen LogP contribution in [0.5, 0.6) is 0 Å². The van der Waals surface area contributed by atoms with Crippen LogP contribution in [0, 0.1) is 13.8 Å². The molecule has 0 aliphatic carbocycles. The lowest BCUT2D eigenvalue weighted by atomic mass is 10.2. The summed E-state index contributed by atoms with van der Waals surface area (Å²) in [4.78, 5) is 12.1. The van der Waals surface area contributed by atoms with Crippen molar-refractivity contribution in [2.75, 3.05) is 5.32 Å². The minimum atomic E-state index is -0.0110. The average Bonchev–Trinajstić information content (AvgIpc) is 2.68. The monoisotopic (exact) mass is 335 g/mol. The van der Waals surface area contributed by atoms with Crippen molar-refractivity contribution < 1.29 is 4.79 Å². The van der Waals surface area contributed by atoms with E-state index in [1.165, 1.54) is 0 Å². The normalized spacial score (nSPS) is 12.2. The summed E-state index contributed by atoms with van der Waals surface area (Å²) in [7, 11) is 0. The molecule has 0 saturated carbocycles. The summed E-state index contributed by atoms with van der Waals surface area (Å²) in [5.74, 6) is -0.0110. The average molecular weight is 336 g/mol. The Morgan fingerprint density at radius 2 is 2.15 bits per heavy atom. The molecule has 0 saturated heterocycles. The molecule has 106 valence electrons. The number of carbonyl (C=O) groups excluding carboxylic acids is 1. The molecule has 0 unspecified atom stereocenters. The fraction of sp³-hybridized carbons (Fsp3) is 0.333. The summed E-state index contributed by atoms with van der Waals surface area (Å²) >= 11 is 3.39. The number of nitrogens with one attached hydrogen (secondary N) is 1. The van der Waals surface area contributed by atoms with Crippen LogP contribution in [0.2, 0.25) is 0 Å².